The predicted octanol–water partition coefficient (Wildman–Crippen LogP) is 2.19. The summed E-state index contributed by atoms with van der Waals surface area (Å²) in [6.45, 7) is 1.21. The number of carbonyl (C=O) groups is 1. The molecule has 1 aliphatic heterocycles. The number of hydrogen-bond donors (Lipinski definition) is 1. The number of rotatable bonds is 6. The van der Waals surface area contributed by atoms with Crippen LogP contribution in [-0.2, 0) is 14.6 Å². The molecular weight excluding hydrogens is 338 g/mol. The number of benzene rings is 1. The second-order valence-corrected chi connectivity index (χ2v) is 8.44. The van der Waals surface area contributed by atoms with E-state index in [9.17, 15) is 22.0 Å². The van der Waals surface area contributed by atoms with Crippen LogP contribution in [0.15, 0.2) is 18.2 Å². The van der Waals surface area contributed by atoms with Crippen LogP contribution in [0.1, 0.15) is 25.7 Å². The molecule has 1 heterocycles. The molecule has 2 rings (SSSR count). The number of halogens is 2. The van der Waals surface area contributed by atoms with Gasteiger partial charge in [0, 0.05) is 18.0 Å². The van der Waals surface area contributed by atoms with Gasteiger partial charge in [0.1, 0.15) is 21.5 Å². The van der Waals surface area contributed by atoms with Gasteiger partial charge in [0.15, 0.2) is 0 Å². The molecule has 0 spiro atoms. The Kier molecular flexibility index (Phi) is 6.28. The highest BCUT2D eigenvalue weighted by atomic mass is 32.2. The lowest BCUT2D eigenvalue weighted by Crippen LogP contribution is -2.47. The van der Waals surface area contributed by atoms with Crippen molar-refractivity contribution >= 4 is 21.4 Å². The fourth-order valence-electron chi connectivity index (χ4n) is 2.94. The molecule has 1 fully saturated rings. The highest BCUT2D eigenvalue weighted by Gasteiger charge is 2.28. The third-order valence-corrected chi connectivity index (χ3v) is 5.04. The quantitative estimate of drug-likeness (QED) is 0.845. The van der Waals surface area contributed by atoms with Gasteiger partial charge in [-0.3, -0.25) is 9.69 Å². The van der Waals surface area contributed by atoms with Crippen LogP contribution < -0.4 is 5.32 Å². The molecule has 1 amide bonds. The predicted molar refractivity (Wildman–Crippen MR) is 88.5 cm³/mol. The summed E-state index contributed by atoms with van der Waals surface area (Å²) in [7, 11) is -3.03. The average Bonchev–Trinajstić information content (AvgIpc) is 2.45. The van der Waals surface area contributed by atoms with Crippen molar-refractivity contribution in [2.24, 2.45) is 0 Å². The monoisotopic (exact) mass is 360 g/mol. The Bertz CT molecular complexity index is 674. The average molecular weight is 360 g/mol. The smallest absolute Gasteiger partial charge is 0.241 e. The summed E-state index contributed by atoms with van der Waals surface area (Å²) in [5, 5.41) is 2.55. The van der Waals surface area contributed by atoms with Crippen molar-refractivity contribution in [2.45, 2.75) is 31.7 Å². The maximum atomic E-state index is 13.2. The van der Waals surface area contributed by atoms with Crippen molar-refractivity contribution in [3.8, 4) is 0 Å². The largest absolute Gasteiger partial charge is 0.325 e. The number of sulfone groups is 1. The zero-order chi connectivity index (χ0) is 17.7. The molecule has 1 saturated heterocycles. The highest BCUT2D eigenvalue weighted by Crippen LogP contribution is 2.20. The van der Waals surface area contributed by atoms with E-state index in [1.807, 2.05) is 4.90 Å². The van der Waals surface area contributed by atoms with E-state index in [1.165, 1.54) is 6.26 Å². The molecule has 0 aromatic heterocycles. The van der Waals surface area contributed by atoms with Crippen LogP contribution >= 0.6 is 0 Å². The van der Waals surface area contributed by atoms with Gasteiger partial charge in [0.25, 0.3) is 0 Å². The fourth-order valence-corrected chi connectivity index (χ4v) is 3.59. The maximum absolute atomic E-state index is 13.2. The first-order valence-electron chi connectivity index (χ1n) is 7.93. The molecule has 134 valence electrons. The molecule has 1 unspecified atom stereocenters. The van der Waals surface area contributed by atoms with Gasteiger partial charge in [-0.05, 0) is 44.5 Å². The summed E-state index contributed by atoms with van der Waals surface area (Å²) in [5.41, 5.74) is 0.0826. The van der Waals surface area contributed by atoms with Gasteiger partial charge >= 0.3 is 0 Å². The highest BCUT2D eigenvalue weighted by molar-refractivity contribution is 7.90. The minimum atomic E-state index is -3.03. The molecule has 0 saturated carbocycles. The zero-order valence-corrected chi connectivity index (χ0v) is 14.4. The first-order valence-corrected chi connectivity index (χ1v) is 9.99. The molecule has 8 heteroatoms. The Morgan fingerprint density at radius 2 is 1.92 bits per heavy atom. The first kappa shape index (κ1) is 18.8. The van der Waals surface area contributed by atoms with Crippen molar-refractivity contribution < 1.29 is 22.0 Å². The van der Waals surface area contributed by atoms with Gasteiger partial charge in [-0.2, -0.15) is 0 Å². The third-order valence-electron chi connectivity index (χ3n) is 4.01. The number of piperidine rings is 1. The molecule has 1 N–H and O–H groups in total. The number of carbonyl (C=O) groups excluding carboxylic acids is 1. The summed E-state index contributed by atoms with van der Waals surface area (Å²) in [6.07, 6.45) is 4.11. The first-order chi connectivity index (χ1) is 11.2. The van der Waals surface area contributed by atoms with Crippen LogP contribution in [0.2, 0.25) is 0 Å². The van der Waals surface area contributed by atoms with Crippen LogP contribution in [-0.4, -0.2) is 50.4 Å². The van der Waals surface area contributed by atoms with Gasteiger partial charge in [-0.1, -0.05) is 6.42 Å². The number of amides is 1. The fraction of sp³-hybridized carbons (Fsp3) is 0.562. The number of likely N-dealkylation sites (tertiary alicyclic amines) is 1. The molecule has 0 radical (unpaired) electrons. The summed E-state index contributed by atoms with van der Waals surface area (Å²) in [6, 6.07) is 2.47. The van der Waals surface area contributed by atoms with Gasteiger partial charge < -0.3 is 5.32 Å². The van der Waals surface area contributed by atoms with E-state index in [0.717, 1.165) is 31.0 Å². The summed E-state index contributed by atoms with van der Waals surface area (Å²) < 4.78 is 48.9. The molecule has 1 aromatic carbocycles. The Morgan fingerprint density at radius 3 is 2.54 bits per heavy atom. The Labute approximate surface area is 141 Å². The lowest BCUT2D eigenvalue weighted by molar-refractivity contribution is -0.122. The van der Waals surface area contributed by atoms with Crippen LogP contribution in [0.4, 0.5) is 14.5 Å². The van der Waals surface area contributed by atoms with E-state index in [0.29, 0.717) is 25.9 Å². The Balaban J connectivity index is 1.99. The minimum absolute atomic E-state index is 0.0763. The van der Waals surface area contributed by atoms with Crippen molar-refractivity contribution in [1.29, 1.82) is 0 Å². The van der Waals surface area contributed by atoms with Crippen molar-refractivity contribution in [1.82, 2.24) is 4.90 Å². The molecule has 1 atom stereocenters. The molecule has 1 aromatic rings. The third kappa shape index (κ3) is 5.83. The van der Waals surface area contributed by atoms with Gasteiger partial charge in [-0.25, -0.2) is 17.2 Å². The maximum Gasteiger partial charge on any atom is 0.241 e. The van der Waals surface area contributed by atoms with E-state index in [2.05, 4.69) is 5.32 Å². The second kappa shape index (κ2) is 8.02. The zero-order valence-electron chi connectivity index (χ0n) is 13.6. The topological polar surface area (TPSA) is 66.5 Å². The van der Waals surface area contributed by atoms with E-state index < -0.39 is 27.5 Å². The normalized spacial score (nSPS) is 19.2. The van der Waals surface area contributed by atoms with Crippen molar-refractivity contribution in [2.75, 3.05) is 30.4 Å². The lowest BCUT2D eigenvalue weighted by Gasteiger charge is -2.34. The molecule has 1 aliphatic rings. The van der Waals surface area contributed by atoms with Gasteiger partial charge in [0.2, 0.25) is 5.91 Å². The molecule has 5 nitrogen and oxygen atoms in total. The van der Waals surface area contributed by atoms with E-state index >= 15 is 0 Å². The van der Waals surface area contributed by atoms with Crippen LogP contribution in [0.3, 0.4) is 0 Å². The summed E-state index contributed by atoms with van der Waals surface area (Å²) in [4.78, 5) is 14.4. The van der Waals surface area contributed by atoms with Crippen LogP contribution in [0, 0.1) is 11.6 Å². The minimum Gasteiger partial charge on any atom is -0.325 e. The van der Waals surface area contributed by atoms with Gasteiger partial charge in [-0.15, -0.1) is 0 Å². The van der Waals surface area contributed by atoms with E-state index in [-0.39, 0.29) is 17.3 Å². The number of nitrogens with zero attached hydrogens (tertiary/aromatic N) is 1. The van der Waals surface area contributed by atoms with Gasteiger partial charge in [0.05, 0.1) is 11.8 Å². The lowest BCUT2D eigenvalue weighted by atomic mass is 10.0. The Morgan fingerprint density at radius 1 is 1.25 bits per heavy atom. The van der Waals surface area contributed by atoms with Crippen LogP contribution in [0.5, 0.6) is 0 Å². The Hall–Kier alpha value is -1.54. The molecule has 0 bridgehead atoms. The van der Waals surface area contributed by atoms with E-state index in [4.69, 9.17) is 0 Å². The number of hydrogen-bond acceptors (Lipinski definition) is 4. The molecule has 0 aliphatic carbocycles. The summed E-state index contributed by atoms with van der Waals surface area (Å²) >= 11 is 0. The second-order valence-electron chi connectivity index (χ2n) is 6.18. The molecular formula is C16H22F2N2O3S. The van der Waals surface area contributed by atoms with E-state index in [1.54, 1.807) is 0 Å². The SMILES string of the molecule is CS(=O)(=O)CCCN1CCCCC1C(=O)Nc1cc(F)cc(F)c1. The number of anilines is 1. The molecule has 24 heavy (non-hydrogen) atoms. The van der Waals surface area contributed by atoms with Crippen molar-refractivity contribution in [3.63, 3.8) is 0 Å². The van der Waals surface area contributed by atoms with Crippen LogP contribution in [0.25, 0.3) is 0 Å². The standard InChI is InChI=1S/C16H22F2N2O3S/c1-24(22,23)8-4-7-20-6-3-2-5-15(20)16(21)19-14-10-12(17)9-13(18)11-14/h9-11,15H,2-8H2,1H3,(H,19,21). The summed E-state index contributed by atoms with van der Waals surface area (Å²) in [5.74, 6) is -1.75. The number of nitrogens with one attached hydrogen (secondary N) is 1. The van der Waals surface area contributed by atoms with Crippen molar-refractivity contribution in [3.05, 3.63) is 29.8 Å².